The van der Waals surface area contributed by atoms with Crippen molar-refractivity contribution < 1.29 is 15.0 Å². The van der Waals surface area contributed by atoms with Gasteiger partial charge in [-0.05, 0) is 24.7 Å². The van der Waals surface area contributed by atoms with Crippen molar-refractivity contribution >= 4 is 6.09 Å². The van der Waals surface area contributed by atoms with Crippen LogP contribution in [0.25, 0.3) is 0 Å². The second-order valence-corrected chi connectivity index (χ2v) is 3.76. The van der Waals surface area contributed by atoms with Crippen LogP contribution >= 0.6 is 0 Å². The fourth-order valence-electron chi connectivity index (χ4n) is 2.11. The molecule has 1 amide bonds. The average Bonchev–Trinajstić information content (AvgIpc) is 2.79. The van der Waals surface area contributed by atoms with E-state index in [1.807, 2.05) is 0 Å². The van der Waals surface area contributed by atoms with Crippen molar-refractivity contribution in [3.63, 3.8) is 0 Å². The molecule has 0 aromatic rings. The van der Waals surface area contributed by atoms with E-state index in [0.29, 0.717) is 18.4 Å². The highest BCUT2D eigenvalue weighted by atomic mass is 16.4. The number of carbonyl (C=O) groups is 1. The molecular formula is C8H13NO3. The van der Waals surface area contributed by atoms with Crippen molar-refractivity contribution in [1.29, 1.82) is 0 Å². The Labute approximate surface area is 70.8 Å². The Bertz CT molecular complexity index is 206. The molecule has 0 aromatic carbocycles. The molecule has 12 heavy (non-hydrogen) atoms. The Morgan fingerprint density at radius 3 is 2.75 bits per heavy atom. The molecular weight excluding hydrogens is 158 g/mol. The molecule has 3 atom stereocenters. The van der Waals surface area contributed by atoms with Crippen LogP contribution in [0.3, 0.4) is 0 Å². The second-order valence-electron chi connectivity index (χ2n) is 3.76. The maximum Gasteiger partial charge on any atom is 0.407 e. The van der Waals surface area contributed by atoms with Gasteiger partial charge in [0.2, 0.25) is 0 Å². The Kier molecular flexibility index (Phi) is 1.72. The molecule has 68 valence electrons. The number of rotatable bonds is 1. The van der Waals surface area contributed by atoms with Crippen LogP contribution in [0.2, 0.25) is 0 Å². The molecule has 1 heterocycles. The van der Waals surface area contributed by atoms with E-state index in [9.17, 15) is 4.79 Å². The molecule has 4 nitrogen and oxygen atoms in total. The van der Waals surface area contributed by atoms with Crippen molar-refractivity contribution in [2.75, 3.05) is 13.2 Å². The van der Waals surface area contributed by atoms with E-state index in [0.717, 1.165) is 12.8 Å². The number of aliphatic hydroxyl groups excluding tert-OH is 1. The molecule has 2 N–H and O–H groups in total. The third kappa shape index (κ3) is 1.16. The fraction of sp³-hybridized carbons (Fsp3) is 0.875. The van der Waals surface area contributed by atoms with Gasteiger partial charge in [-0.15, -0.1) is 0 Å². The van der Waals surface area contributed by atoms with Gasteiger partial charge in [0.25, 0.3) is 0 Å². The van der Waals surface area contributed by atoms with Crippen LogP contribution in [0.4, 0.5) is 4.79 Å². The minimum atomic E-state index is -0.889. The van der Waals surface area contributed by atoms with Crippen molar-refractivity contribution in [2.45, 2.75) is 18.9 Å². The van der Waals surface area contributed by atoms with E-state index in [2.05, 4.69) is 0 Å². The first-order valence-electron chi connectivity index (χ1n) is 4.32. The Morgan fingerprint density at radius 1 is 1.42 bits per heavy atom. The summed E-state index contributed by atoms with van der Waals surface area (Å²) >= 11 is 0. The van der Waals surface area contributed by atoms with Gasteiger partial charge in [-0.2, -0.15) is 0 Å². The smallest absolute Gasteiger partial charge is 0.407 e. The van der Waals surface area contributed by atoms with E-state index in [1.165, 1.54) is 4.90 Å². The second kappa shape index (κ2) is 2.62. The molecule has 4 heteroatoms. The lowest BCUT2D eigenvalue weighted by Gasteiger charge is -2.31. The van der Waals surface area contributed by atoms with Crippen LogP contribution < -0.4 is 0 Å². The molecule has 1 saturated carbocycles. The zero-order valence-corrected chi connectivity index (χ0v) is 6.81. The molecule has 2 fully saturated rings. The first-order valence-corrected chi connectivity index (χ1v) is 4.32. The number of fused-ring (bicyclic) bond motifs is 1. The van der Waals surface area contributed by atoms with Crippen LogP contribution in [-0.2, 0) is 0 Å². The zero-order chi connectivity index (χ0) is 8.72. The summed E-state index contributed by atoms with van der Waals surface area (Å²) in [6, 6.07) is -0.147. The highest BCUT2D eigenvalue weighted by Crippen LogP contribution is 2.46. The molecule has 2 aliphatic rings. The number of aliphatic hydroxyl groups is 1. The molecule has 1 aliphatic heterocycles. The summed E-state index contributed by atoms with van der Waals surface area (Å²) in [5.41, 5.74) is 0. The molecule has 1 aliphatic carbocycles. The normalized spacial score (nSPS) is 39.1. The number of nitrogens with zero attached hydrogens (tertiary/aromatic N) is 1. The minimum Gasteiger partial charge on any atom is -0.465 e. The van der Waals surface area contributed by atoms with Crippen molar-refractivity contribution in [3.05, 3.63) is 0 Å². The summed E-state index contributed by atoms with van der Waals surface area (Å²) in [6.45, 7) is 0.598. The topological polar surface area (TPSA) is 60.8 Å². The molecule has 2 rings (SSSR count). The van der Waals surface area contributed by atoms with E-state index in [1.54, 1.807) is 0 Å². The Balaban J connectivity index is 2.03. The van der Waals surface area contributed by atoms with Gasteiger partial charge in [0, 0.05) is 6.54 Å². The van der Waals surface area contributed by atoms with Gasteiger partial charge >= 0.3 is 6.09 Å². The van der Waals surface area contributed by atoms with Crippen LogP contribution in [0, 0.1) is 11.8 Å². The van der Waals surface area contributed by atoms with E-state index < -0.39 is 6.09 Å². The molecule has 0 spiro atoms. The molecule has 0 bridgehead atoms. The fourth-order valence-corrected chi connectivity index (χ4v) is 2.11. The monoisotopic (exact) mass is 171 g/mol. The summed E-state index contributed by atoms with van der Waals surface area (Å²) in [4.78, 5) is 12.1. The predicted molar refractivity (Wildman–Crippen MR) is 41.8 cm³/mol. The number of hydrogen-bond acceptors (Lipinski definition) is 2. The molecule has 1 saturated heterocycles. The van der Waals surface area contributed by atoms with Crippen LogP contribution in [0.1, 0.15) is 12.8 Å². The number of piperidine rings is 1. The number of amides is 1. The summed E-state index contributed by atoms with van der Waals surface area (Å²) < 4.78 is 0. The quantitative estimate of drug-likeness (QED) is 0.599. The molecule has 0 unspecified atom stereocenters. The van der Waals surface area contributed by atoms with E-state index in [4.69, 9.17) is 10.2 Å². The zero-order valence-electron chi connectivity index (χ0n) is 6.81. The highest BCUT2D eigenvalue weighted by Gasteiger charge is 2.46. The van der Waals surface area contributed by atoms with E-state index in [-0.39, 0.29) is 12.6 Å². The Morgan fingerprint density at radius 2 is 2.17 bits per heavy atom. The minimum absolute atomic E-state index is 0.0322. The molecule has 0 radical (unpaired) electrons. The number of hydrogen-bond donors (Lipinski definition) is 2. The van der Waals surface area contributed by atoms with Gasteiger partial charge in [-0.25, -0.2) is 4.79 Å². The maximum absolute atomic E-state index is 10.7. The maximum atomic E-state index is 10.7. The largest absolute Gasteiger partial charge is 0.465 e. The van der Waals surface area contributed by atoms with Crippen molar-refractivity contribution in [1.82, 2.24) is 4.90 Å². The summed E-state index contributed by atoms with van der Waals surface area (Å²) in [6.07, 6.45) is 1.12. The number of carboxylic acid groups (broad SMARTS) is 1. The first kappa shape index (κ1) is 7.86. The average molecular weight is 171 g/mol. The van der Waals surface area contributed by atoms with Gasteiger partial charge < -0.3 is 15.1 Å². The Hall–Kier alpha value is -0.770. The standard InChI is InChI=1S/C8H13NO3/c10-4-7-2-5-1-6(5)3-9(7)8(11)12/h5-7,10H,1-4H2,(H,11,12)/t5-,6+,7-/m0/s1. The first-order chi connectivity index (χ1) is 5.72. The van der Waals surface area contributed by atoms with Crippen LogP contribution in [0.5, 0.6) is 0 Å². The lowest BCUT2D eigenvalue weighted by molar-refractivity contribution is 0.0747. The van der Waals surface area contributed by atoms with Crippen LogP contribution in [-0.4, -0.2) is 40.4 Å². The van der Waals surface area contributed by atoms with Gasteiger partial charge in [-0.1, -0.05) is 0 Å². The number of likely N-dealkylation sites (tertiary alicyclic amines) is 1. The molecule has 0 aromatic heterocycles. The predicted octanol–water partition coefficient (Wildman–Crippen LogP) is 0.367. The van der Waals surface area contributed by atoms with Gasteiger partial charge in [0.05, 0.1) is 12.6 Å². The summed E-state index contributed by atoms with van der Waals surface area (Å²) in [7, 11) is 0. The van der Waals surface area contributed by atoms with Gasteiger partial charge in [-0.3, -0.25) is 0 Å². The van der Waals surface area contributed by atoms with Crippen molar-refractivity contribution in [3.8, 4) is 0 Å². The third-order valence-electron chi connectivity index (χ3n) is 2.97. The third-order valence-corrected chi connectivity index (χ3v) is 2.97. The summed E-state index contributed by atoms with van der Waals surface area (Å²) in [5.74, 6) is 1.28. The van der Waals surface area contributed by atoms with E-state index >= 15 is 0 Å². The van der Waals surface area contributed by atoms with Gasteiger partial charge in [0.1, 0.15) is 0 Å². The van der Waals surface area contributed by atoms with Crippen molar-refractivity contribution in [2.24, 2.45) is 11.8 Å². The van der Waals surface area contributed by atoms with Gasteiger partial charge in [0.15, 0.2) is 0 Å². The summed E-state index contributed by atoms with van der Waals surface area (Å²) in [5, 5.41) is 17.7. The lowest BCUT2D eigenvalue weighted by Crippen LogP contribution is -2.45. The van der Waals surface area contributed by atoms with Crippen LogP contribution in [0.15, 0.2) is 0 Å². The SMILES string of the molecule is O=C(O)N1C[C@H]2C[C@H]2C[C@H]1CO. The highest BCUT2D eigenvalue weighted by molar-refractivity contribution is 5.65. The lowest BCUT2D eigenvalue weighted by atomic mass is 10.0.